The Bertz CT molecular complexity index is 726. The van der Waals surface area contributed by atoms with Crippen LogP contribution in [0.1, 0.15) is 58.4 Å². The van der Waals surface area contributed by atoms with Gasteiger partial charge in [-0.15, -0.1) is 0 Å². The number of benzene rings is 1. The Balaban J connectivity index is 3.32. The first kappa shape index (κ1) is 21.3. The predicted molar refractivity (Wildman–Crippen MR) is 97.9 cm³/mol. The van der Waals surface area contributed by atoms with Gasteiger partial charge in [-0.05, 0) is 30.9 Å². The number of carbonyl (C=O) groups is 1. The Morgan fingerprint density at radius 3 is 2.31 bits per heavy atom. The number of nitro groups is 2. The van der Waals surface area contributed by atoms with E-state index in [4.69, 9.17) is 0 Å². The van der Waals surface area contributed by atoms with Crippen molar-refractivity contribution in [2.24, 2.45) is 5.92 Å². The maximum atomic E-state index is 11.8. The number of nitrogens with zero attached hydrogens (tertiary/aromatic N) is 2. The Hall–Kier alpha value is -2.77. The monoisotopic (exact) mass is 364 g/mol. The van der Waals surface area contributed by atoms with Gasteiger partial charge in [0.1, 0.15) is 0 Å². The van der Waals surface area contributed by atoms with Crippen molar-refractivity contribution in [1.29, 1.82) is 0 Å². The minimum atomic E-state index is -1.13. The lowest BCUT2D eigenvalue weighted by molar-refractivity contribution is -0.394. The van der Waals surface area contributed by atoms with Gasteiger partial charge in [-0.3, -0.25) is 20.2 Å². The van der Waals surface area contributed by atoms with E-state index in [9.17, 15) is 30.1 Å². The van der Waals surface area contributed by atoms with Crippen LogP contribution in [0.4, 0.5) is 11.4 Å². The van der Waals surface area contributed by atoms with Crippen molar-refractivity contribution < 1.29 is 19.7 Å². The fourth-order valence-corrected chi connectivity index (χ4v) is 3.01. The summed E-state index contributed by atoms with van der Waals surface area (Å²) in [6, 6.07) is 3.26. The minimum absolute atomic E-state index is 0.0957. The molecular weight excluding hydrogens is 340 g/mol. The molecule has 26 heavy (non-hydrogen) atoms. The van der Waals surface area contributed by atoms with Crippen molar-refractivity contribution in [3.63, 3.8) is 0 Å². The van der Waals surface area contributed by atoms with Crippen molar-refractivity contribution >= 4 is 22.9 Å². The summed E-state index contributed by atoms with van der Waals surface area (Å²) in [5.74, 6) is -1.41. The van der Waals surface area contributed by atoms with Crippen molar-refractivity contribution in [3.8, 4) is 0 Å². The van der Waals surface area contributed by atoms with Crippen LogP contribution in [0.5, 0.6) is 0 Å². The van der Waals surface area contributed by atoms with Gasteiger partial charge in [-0.25, -0.2) is 4.79 Å². The molecule has 0 aliphatic heterocycles. The third-order valence-electron chi connectivity index (χ3n) is 4.41. The average Bonchev–Trinajstić information content (AvgIpc) is 2.57. The minimum Gasteiger partial charge on any atom is -0.478 e. The molecule has 1 unspecified atom stereocenters. The van der Waals surface area contributed by atoms with E-state index < -0.39 is 27.2 Å². The van der Waals surface area contributed by atoms with Gasteiger partial charge < -0.3 is 5.11 Å². The van der Waals surface area contributed by atoms with Crippen LogP contribution in [0.25, 0.3) is 5.57 Å². The molecule has 1 aromatic rings. The van der Waals surface area contributed by atoms with Crippen molar-refractivity contribution in [2.75, 3.05) is 0 Å². The molecule has 0 aromatic heterocycles. The molecule has 0 spiro atoms. The van der Waals surface area contributed by atoms with Crippen LogP contribution in [0, 0.1) is 26.1 Å². The molecule has 0 aliphatic carbocycles. The molecule has 8 nitrogen and oxygen atoms in total. The van der Waals surface area contributed by atoms with Gasteiger partial charge in [0, 0.05) is 11.6 Å². The van der Waals surface area contributed by atoms with Crippen LogP contribution in [0.3, 0.4) is 0 Å². The summed E-state index contributed by atoms with van der Waals surface area (Å²) in [7, 11) is 0. The molecule has 0 saturated heterocycles. The number of non-ortho nitro benzene ring substituents is 1. The summed E-state index contributed by atoms with van der Waals surface area (Å²) in [4.78, 5) is 32.5. The van der Waals surface area contributed by atoms with E-state index in [1.165, 1.54) is 13.0 Å². The molecule has 1 aromatic carbocycles. The van der Waals surface area contributed by atoms with E-state index in [1.807, 2.05) is 0 Å². The van der Waals surface area contributed by atoms with Gasteiger partial charge in [0.05, 0.1) is 21.5 Å². The lowest BCUT2D eigenvalue weighted by Crippen LogP contribution is -2.13. The number of aliphatic carboxylic acids is 1. The Morgan fingerprint density at radius 2 is 1.81 bits per heavy atom. The van der Waals surface area contributed by atoms with E-state index in [0.29, 0.717) is 6.42 Å². The molecule has 8 heteroatoms. The molecule has 1 N–H and O–H groups in total. The molecule has 0 amide bonds. The highest BCUT2D eigenvalue weighted by Gasteiger charge is 2.26. The van der Waals surface area contributed by atoms with Crippen molar-refractivity contribution in [1.82, 2.24) is 0 Å². The van der Waals surface area contributed by atoms with Gasteiger partial charge in [0.2, 0.25) is 0 Å². The standard InChI is InChI=1S/C18H24N2O6/c1-4-5-6-7-8-12(2)17(18(21)22)13(3)15-10-9-14(19(23)24)11-16(15)20(25)26/h9-12H,4-8H2,1-3H3,(H,21,22). The van der Waals surface area contributed by atoms with E-state index in [1.54, 1.807) is 6.92 Å². The Morgan fingerprint density at radius 1 is 1.15 bits per heavy atom. The third kappa shape index (κ3) is 5.37. The second-order valence-corrected chi connectivity index (χ2v) is 6.31. The first-order valence-corrected chi connectivity index (χ1v) is 8.57. The zero-order valence-electron chi connectivity index (χ0n) is 15.2. The third-order valence-corrected chi connectivity index (χ3v) is 4.41. The van der Waals surface area contributed by atoms with Crippen LogP contribution >= 0.6 is 0 Å². The fraction of sp³-hybridized carbons (Fsp3) is 0.500. The van der Waals surface area contributed by atoms with Crippen molar-refractivity contribution in [2.45, 2.75) is 52.9 Å². The largest absolute Gasteiger partial charge is 0.478 e. The van der Waals surface area contributed by atoms with E-state index in [-0.39, 0.29) is 22.6 Å². The van der Waals surface area contributed by atoms with Crippen LogP contribution in [-0.4, -0.2) is 20.9 Å². The first-order chi connectivity index (χ1) is 12.2. The summed E-state index contributed by atoms with van der Waals surface area (Å²) in [5, 5.41) is 31.8. The SMILES string of the molecule is CCCCCCC(C)C(C(=O)O)=C(C)c1ccc([N+](=O)[O-])cc1[N+](=O)[O-]. The summed E-state index contributed by atoms with van der Waals surface area (Å²) >= 11 is 0. The quantitative estimate of drug-likeness (QED) is 0.270. The number of nitro benzene ring substituents is 2. The van der Waals surface area contributed by atoms with Crippen LogP contribution in [0.2, 0.25) is 0 Å². The highest BCUT2D eigenvalue weighted by Crippen LogP contribution is 2.34. The smallest absolute Gasteiger partial charge is 0.332 e. The normalized spacial score (nSPS) is 13.0. The first-order valence-electron chi connectivity index (χ1n) is 8.57. The second-order valence-electron chi connectivity index (χ2n) is 6.31. The number of carboxylic acid groups (broad SMARTS) is 1. The number of allylic oxidation sites excluding steroid dienone is 1. The van der Waals surface area contributed by atoms with Crippen LogP contribution in [0.15, 0.2) is 23.8 Å². The number of rotatable bonds is 10. The van der Waals surface area contributed by atoms with Gasteiger partial charge in [-0.2, -0.15) is 0 Å². The maximum absolute atomic E-state index is 11.8. The molecule has 0 aliphatic rings. The molecule has 1 rings (SSSR count). The van der Waals surface area contributed by atoms with Gasteiger partial charge in [0.25, 0.3) is 11.4 Å². The molecular formula is C18H24N2O6. The van der Waals surface area contributed by atoms with Crippen LogP contribution in [-0.2, 0) is 4.79 Å². The summed E-state index contributed by atoms with van der Waals surface area (Å²) in [6.45, 7) is 5.39. The fourth-order valence-electron chi connectivity index (χ4n) is 3.01. The number of hydrogen-bond acceptors (Lipinski definition) is 5. The highest BCUT2D eigenvalue weighted by molar-refractivity contribution is 5.97. The lowest BCUT2D eigenvalue weighted by atomic mass is 9.88. The molecule has 1 atom stereocenters. The Kier molecular flexibility index (Phi) is 7.89. The zero-order valence-corrected chi connectivity index (χ0v) is 15.2. The topological polar surface area (TPSA) is 124 Å². The summed E-state index contributed by atoms with van der Waals surface area (Å²) < 4.78 is 0. The predicted octanol–water partition coefficient (Wildman–Crippen LogP) is 4.97. The molecule has 0 radical (unpaired) electrons. The zero-order chi connectivity index (χ0) is 19.9. The Labute approximate surface area is 151 Å². The van der Waals surface area contributed by atoms with Crippen molar-refractivity contribution in [3.05, 3.63) is 49.6 Å². The maximum Gasteiger partial charge on any atom is 0.332 e. The van der Waals surface area contributed by atoms with E-state index in [2.05, 4.69) is 6.92 Å². The molecule has 0 bridgehead atoms. The molecule has 0 heterocycles. The number of carboxylic acids is 1. The van der Waals surface area contributed by atoms with E-state index >= 15 is 0 Å². The molecule has 0 saturated carbocycles. The van der Waals surface area contributed by atoms with E-state index in [0.717, 1.165) is 37.8 Å². The number of hydrogen-bond donors (Lipinski definition) is 1. The average molecular weight is 364 g/mol. The lowest BCUT2D eigenvalue weighted by Gasteiger charge is -2.16. The molecule has 142 valence electrons. The summed E-state index contributed by atoms with van der Waals surface area (Å²) in [6.07, 6.45) is 4.70. The number of unbranched alkanes of at least 4 members (excludes halogenated alkanes) is 3. The highest BCUT2D eigenvalue weighted by atomic mass is 16.6. The van der Waals surface area contributed by atoms with Gasteiger partial charge >= 0.3 is 5.97 Å². The summed E-state index contributed by atoms with van der Waals surface area (Å²) in [5.41, 5.74) is -0.398. The van der Waals surface area contributed by atoms with Gasteiger partial charge in [-0.1, -0.05) is 39.5 Å². The second kappa shape index (κ2) is 9.65. The molecule has 0 fully saturated rings. The van der Waals surface area contributed by atoms with Crippen LogP contribution < -0.4 is 0 Å². The van der Waals surface area contributed by atoms with Gasteiger partial charge in [0.15, 0.2) is 0 Å².